The van der Waals surface area contributed by atoms with Gasteiger partial charge in [0.15, 0.2) is 0 Å². The Labute approximate surface area is 147 Å². The molecule has 0 unspecified atom stereocenters. The lowest BCUT2D eigenvalue weighted by molar-refractivity contribution is -0.141. The minimum absolute atomic E-state index is 0.0492. The summed E-state index contributed by atoms with van der Waals surface area (Å²) in [5.41, 5.74) is -0.388. The van der Waals surface area contributed by atoms with Gasteiger partial charge in [0, 0.05) is 30.8 Å². The number of amides is 1. The summed E-state index contributed by atoms with van der Waals surface area (Å²) in [5.74, 6) is -0.705. The van der Waals surface area contributed by atoms with Crippen molar-refractivity contribution >= 4 is 5.91 Å². The summed E-state index contributed by atoms with van der Waals surface area (Å²) in [5, 5.41) is 5.35. The number of aryl methyl sites for hydroxylation is 1. The molecule has 5 nitrogen and oxygen atoms in total. The topological polar surface area (TPSA) is 66.9 Å². The Kier molecular flexibility index (Phi) is 6.62. The first kappa shape index (κ1) is 19.8. The normalized spacial score (nSPS) is 11.4. The van der Waals surface area contributed by atoms with Crippen LogP contribution in [0.1, 0.15) is 22.8 Å². The molecule has 0 spiro atoms. The summed E-state index contributed by atoms with van der Waals surface area (Å²) in [7, 11) is 0. The molecule has 0 saturated heterocycles. The van der Waals surface area contributed by atoms with E-state index in [1.807, 2.05) is 0 Å². The molecule has 1 amide bonds. The number of carbonyl (C=O) groups excluding carboxylic acids is 1. The fourth-order valence-electron chi connectivity index (χ4n) is 2.19. The van der Waals surface area contributed by atoms with Crippen molar-refractivity contribution in [2.24, 2.45) is 0 Å². The molecule has 0 fully saturated rings. The highest BCUT2D eigenvalue weighted by Crippen LogP contribution is 2.27. The van der Waals surface area contributed by atoms with Crippen LogP contribution in [-0.2, 0) is 23.9 Å². The van der Waals surface area contributed by atoms with Gasteiger partial charge in [0.05, 0.1) is 6.54 Å². The van der Waals surface area contributed by atoms with Crippen molar-refractivity contribution in [2.75, 3.05) is 13.1 Å². The van der Waals surface area contributed by atoms with Crippen LogP contribution in [-0.4, -0.2) is 29.0 Å². The number of carbonyl (C=O) groups is 1. The summed E-state index contributed by atoms with van der Waals surface area (Å²) in [6.07, 6.45) is -4.38. The Bertz CT molecular complexity index is 765. The molecule has 0 aliphatic rings. The molecule has 0 aliphatic heterocycles. The molecule has 0 bridgehead atoms. The van der Waals surface area contributed by atoms with E-state index < -0.39 is 17.7 Å². The number of rotatable bonds is 7. The van der Waals surface area contributed by atoms with Gasteiger partial charge in [0.2, 0.25) is 5.91 Å². The van der Waals surface area contributed by atoms with E-state index in [4.69, 9.17) is 0 Å². The van der Waals surface area contributed by atoms with Crippen LogP contribution >= 0.6 is 0 Å². The van der Waals surface area contributed by atoms with Crippen molar-refractivity contribution < 1.29 is 22.4 Å². The van der Waals surface area contributed by atoms with E-state index in [2.05, 4.69) is 20.6 Å². The van der Waals surface area contributed by atoms with E-state index in [1.54, 1.807) is 18.2 Å². The molecule has 0 aliphatic carbocycles. The lowest BCUT2D eigenvalue weighted by atomic mass is 10.2. The third kappa shape index (κ3) is 6.07. The van der Waals surface area contributed by atoms with Gasteiger partial charge in [0.1, 0.15) is 17.3 Å². The number of hydrogen-bond acceptors (Lipinski definition) is 4. The minimum Gasteiger partial charge on any atom is -0.351 e. The van der Waals surface area contributed by atoms with Crippen molar-refractivity contribution in [2.45, 2.75) is 26.1 Å². The molecule has 0 radical (unpaired) electrons. The summed E-state index contributed by atoms with van der Waals surface area (Å²) in [6.45, 7) is 1.70. The molecule has 1 aromatic heterocycles. The molecule has 2 rings (SSSR count). The average molecular weight is 370 g/mol. The largest absolute Gasteiger partial charge is 0.433 e. The first-order chi connectivity index (χ1) is 12.3. The Hall–Kier alpha value is -2.55. The highest BCUT2D eigenvalue weighted by molar-refractivity contribution is 5.77. The van der Waals surface area contributed by atoms with Crippen LogP contribution in [0.15, 0.2) is 30.3 Å². The monoisotopic (exact) mass is 370 g/mol. The molecular weight excluding hydrogens is 352 g/mol. The van der Waals surface area contributed by atoms with Gasteiger partial charge in [-0.05, 0) is 19.1 Å². The number of hydrogen-bond donors (Lipinski definition) is 2. The van der Waals surface area contributed by atoms with Crippen molar-refractivity contribution in [3.8, 4) is 0 Å². The smallest absolute Gasteiger partial charge is 0.351 e. The lowest BCUT2D eigenvalue weighted by Gasteiger charge is -2.10. The van der Waals surface area contributed by atoms with Crippen molar-refractivity contribution in [1.82, 2.24) is 20.6 Å². The molecular formula is C17H18F4N4O. The second-order valence-corrected chi connectivity index (χ2v) is 5.60. The fraction of sp³-hybridized carbons (Fsp3) is 0.353. The Morgan fingerprint density at radius 1 is 1.19 bits per heavy atom. The maximum Gasteiger partial charge on any atom is 0.433 e. The first-order valence-corrected chi connectivity index (χ1v) is 7.88. The second-order valence-electron chi connectivity index (χ2n) is 5.60. The highest BCUT2D eigenvalue weighted by Gasteiger charge is 2.33. The number of benzene rings is 1. The van der Waals surface area contributed by atoms with Crippen LogP contribution in [0, 0.1) is 12.7 Å². The van der Waals surface area contributed by atoms with Gasteiger partial charge < -0.3 is 10.6 Å². The molecule has 1 heterocycles. The maximum absolute atomic E-state index is 13.4. The van der Waals surface area contributed by atoms with Gasteiger partial charge in [0.25, 0.3) is 0 Å². The first-order valence-electron chi connectivity index (χ1n) is 7.88. The number of aromatic nitrogens is 2. The fourth-order valence-corrected chi connectivity index (χ4v) is 2.19. The van der Waals surface area contributed by atoms with Gasteiger partial charge in [-0.25, -0.2) is 14.4 Å². The van der Waals surface area contributed by atoms with Crippen LogP contribution < -0.4 is 10.6 Å². The number of nitrogens with one attached hydrogen (secondary N) is 2. The SMILES string of the molecule is Cc1cc(C(F)(F)F)nc(CCNCC(=O)NCc2ccccc2F)n1. The van der Waals surface area contributed by atoms with E-state index >= 15 is 0 Å². The van der Waals surface area contributed by atoms with Gasteiger partial charge >= 0.3 is 6.18 Å². The third-order valence-corrected chi connectivity index (χ3v) is 3.44. The Morgan fingerprint density at radius 2 is 1.92 bits per heavy atom. The average Bonchev–Trinajstić information content (AvgIpc) is 2.57. The van der Waals surface area contributed by atoms with Crippen LogP contribution in [0.3, 0.4) is 0 Å². The molecule has 26 heavy (non-hydrogen) atoms. The van der Waals surface area contributed by atoms with E-state index in [0.717, 1.165) is 6.07 Å². The van der Waals surface area contributed by atoms with Crippen LogP contribution in [0.4, 0.5) is 17.6 Å². The zero-order valence-electron chi connectivity index (χ0n) is 14.0. The van der Waals surface area contributed by atoms with Crippen molar-refractivity contribution in [3.05, 3.63) is 58.9 Å². The van der Waals surface area contributed by atoms with Crippen LogP contribution in [0.2, 0.25) is 0 Å². The number of nitrogens with zero attached hydrogens (tertiary/aromatic N) is 2. The minimum atomic E-state index is -4.53. The van der Waals surface area contributed by atoms with E-state index in [0.29, 0.717) is 5.56 Å². The predicted octanol–water partition coefficient (Wildman–Crippen LogP) is 2.39. The molecule has 2 N–H and O–H groups in total. The van der Waals surface area contributed by atoms with E-state index in [1.165, 1.54) is 13.0 Å². The Morgan fingerprint density at radius 3 is 2.62 bits per heavy atom. The molecule has 0 saturated carbocycles. The van der Waals surface area contributed by atoms with Crippen LogP contribution in [0.5, 0.6) is 0 Å². The summed E-state index contributed by atoms with van der Waals surface area (Å²) < 4.78 is 51.6. The van der Waals surface area contributed by atoms with Gasteiger partial charge in [-0.2, -0.15) is 13.2 Å². The predicted molar refractivity (Wildman–Crippen MR) is 86.6 cm³/mol. The molecule has 0 atom stereocenters. The third-order valence-electron chi connectivity index (χ3n) is 3.44. The van der Waals surface area contributed by atoms with Gasteiger partial charge in [-0.1, -0.05) is 18.2 Å². The molecule has 9 heteroatoms. The standard InChI is InChI=1S/C17H18F4N4O/c1-11-8-14(17(19,20)21)25-15(24-11)6-7-22-10-16(26)23-9-12-4-2-3-5-13(12)18/h2-5,8,22H,6-7,9-10H2,1H3,(H,23,26). The molecule has 2 aromatic rings. The highest BCUT2D eigenvalue weighted by atomic mass is 19.4. The van der Waals surface area contributed by atoms with Crippen molar-refractivity contribution in [1.29, 1.82) is 0 Å². The Balaban J connectivity index is 1.76. The van der Waals surface area contributed by atoms with Gasteiger partial charge in [-0.15, -0.1) is 0 Å². The molecule has 1 aromatic carbocycles. The zero-order chi connectivity index (χ0) is 19.2. The van der Waals surface area contributed by atoms with Crippen molar-refractivity contribution in [3.63, 3.8) is 0 Å². The number of halogens is 4. The summed E-state index contributed by atoms with van der Waals surface area (Å²) in [6, 6.07) is 6.97. The maximum atomic E-state index is 13.4. The number of alkyl halides is 3. The molecule has 140 valence electrons. The lowest BCUT2D eigenvalue weighted by Crippen LogP contribution is -2.34. The van der Waals surface area contributed by atoms with E-state index in [9.17, 15) is 22.4 Å². The summed E-state index contributed by atoms with van der Waals surface area (Å²) >= 11 is 0. The van der Waals surface area contributed by atoms with Crippen LogP contribution in [0.25, 0.3) is 0 Å². The van der Waals surface area contributed by atoms with Gasteiger partial charge in [-0.3, -0.25) is 4.79 Å². The quantitative estimate of drug-likeness (QED) is 0.580. The van der Waals surface area contributed by atoms with E-state index in [-0.39, 0.29) is 43.5 Å². The second kappa shape index (κ2) is 8.70. The summed E-state index contributed by atoms with van der Waals surface area (Å²) in [4.78, 5) is 19.1. The zero-order valence-corrected chi connectivity index (χ0v) is 14.0.